The summed E-state index contributed by atoms with van der Waals surface area (Å²) in [6.07, 6.45) is 3.83. The van der Waals surface area contributed by atoms with Gasteiger partial charge in [0.25, 0.3) is 0 Å². The van der Waals surface area contributed by atoms with Gasteiger partial charge in [0.1, 0.15) is 24.8 Å². The Hall–Kier alpha value is -2.68. The molecule has 0 spiro atoms. The third-order valence-electron chi connectivity index (χ3n) is 9.81. The topological polar surface area (TPSA) is 117 Å². The second-order valence-electron chi connectivity index (χ2n) is 12.5. The van der Waals surface area contributed by atoms with Crippen LogP contribution in [-0.4, -0.2) is 129 Å². The maximum absolute atomic E-state index is 13.8. The lowest BCUT2D eigenvalue weighted by molar-refractivity contribution is -0.176. The van der Waals surface area contributed by atoms with E-state index in [1.807, 2.05) is 16.0 Å². The van der Waals surface area contributed by atoms with E-state index >= 15 is 0 Å². The molecule has 230 valence electrons. The van der Waals surface area contributed by atoms with Crippen molar-refractivity contribution < 1.29 is 19.1 Å². The Morgan fingerprint density at radius 2 is 1.79 bits per heavy atom. The first-order valence-electron chi connectivity index (χ1n) is 15.6. The van der Waals surface area contributed by atoms with Crippen LogP contribution in [0.1, 0.15) is 32.1 Å². The monoisotopic (exact) mass is 583 g/mol. The number of fused-ring (bicyclic) bond motifs is 5. The second-order valence-corrected chi connectivity index (χ2v) is 12.5. The van der Waals surface area contributed by atoms with Crippen molar-refractivity contribution in [3.05, 3.63) is 18.2 Å². The van der Waals surface area contributed by atoms with Crippen molar-refractivity contribution in [1.82, 2.24) is 35.8 Å². The fourth-order valence-electron chi connectivity index (χ4n) is 7.46. The molecule has 1 aromatic carbocycles. The summed E-state index contributed by atoms with van der Waals surface area (Å²) in [5.41, 5.74) is 2.10. The summed E-state index contributed by atoms with van der Waals surface area (Å²) in [7, 11) is 3.87. The first-order chi connectivity index (χ1) is 20.5. The van der Waals surface area contributed by atoms with Crippen LogP contribution in [0, 0.1) is 5.92 Å². The molecule has 0 aliphatic carbocycles. The van der Waals surface area contributed by atoms with Gasteiger partial charge in [0, 0.05) is 69.3 Å². The van der Waals surface area contributed by atoms with Gasteiger partial charge >= 0.3 is 0 Å². The van der Waals surface area contributed by atoms with E-state index in [-0.39, 0.29) is 55.2 Å². The summed E-state index contributed by atoms with van der Waals surface area (Å²) in [4.78, 5) is 33.3. The van der Waals surface area contributed by atoms with E-state index in [0.29, 0.717) is 13.1 Å². The standard InChI is InChI=1S/C29H45N9O4/c1-34-10-12-35(13-11-34)20-14-19(15-21(16-20)41-2)31-29-30-17-22-26(33-29)38-24-7-6-23-27(32-24)36(25(39)18-42-23)8-4-3-5-9-37(38)28(22)40/h14-16,22-24,26-27,29-33H,3-13,17-18H2,1-2H3. The van der Waals surface area contributed by atoms with Crippen LogP contribution in [0.15, 0.2) is 18.2 Å². The largest absolute Gasteiger partial charge is 0.497 e. The molecule has 6 fully saturated rings. The van der Waals surface area contributed by atoms with Gasteiger partial charge < -0.3 is 29.5 Å². The Bertz CT molecular complexity index is 1160. The van der Waals surface area contributed by atoms with Crippen LogP contribution >= 0.6 is 0 Å². The highest BCUT2D eigenvalue weighted by Gasteiger charge is 2.53. The SMILES string of the molecule is COc1cc(NC2NCC3C(=O)N4CCCCCN5C(=O)COC6CCC(NC65)N4C3N2)cc(N2CCN(C)CC2)c1. The zero-order valence-corrected chi connectivity index (χ0v) is 24.8. The molecule has 42 heavy (non-hydrogen) atoms. The van der Waals surface area contributed by atoms with Crippen molar-refractivity contribution in [3.63, 3.8) is 0 Å². The first-order valence-corrected chi connectivity index (χ1v) is 15.6. The van der Waals surface area contributed by atoms with E-state index in [9.17, 15) is 9.59 Å². The zero-order chi connectivity index (χ0) is 28.8. The predicted molar refractivity (Wildman–Crippen MR) is 157 cm³/mol. The number of ether oxygens (including phenoxy) is 2. The molecule has 0 saturated carbocycles. The van der Waals surface area contributed by atoms with Crippen LogP contribution in [-0.2, 0) is 14.3 Å². The number of methoxy groups -OCH3 is 1. The minimum atomic E-state index is -0.239. The smallest absolute Gasteiger partial charge is 0.249 e. The minimum absolute atomic E-state index is 0.0137. The number of hydrazine groups is 1. The van der Waals surface area contributed by atoms with E-state index in [1.165, 1.54) is 0 Å². The minimum Gasteiger partial charge on any atom is -0.497 e. The molecule has 6 aliphatic heterocycles. The molecule has 0 aromatic heterocycles. The summed E-state index contributed by atoms with van der Waals surface area (Å²) in [6, 6.07) is 6.30. The van der Waals surface area contributed by atoms with Gasteiger partial charge in [-0.15, -0.1) is 0 Å². The van der Waals surface area contributed by atoms with Crippen LogP contribution in [0.2, 0.25) is 0 Å². The Balaban J connectivity index is 1.11. The number of likely N-dealkylation sites (N-methyl/N-ethyl adjacent to an activating group) is 1. The molecule has 6 aliphatic rings. The fraction of sp³-hybridized carbons (Fsp3) is 0.724. The van der Waals surface area contributed by atoms with Crippen molar-refractivity contribution in [2.45, 2.75) is 63.0 Å². The Morgan fingerprint density at radius 1 is 0.952 bits per heavy atom. The Kier molecular flexibility index (Phi) is 7.88. The van der Waals surface area contributed by atoms with Crippen molar-refractivity contribution in [3.8, 4) is 5.75 Å². The molecule has 6 atom stereocenters. The average Bonchev–Trinajstić information content (AvgIpc) is 3.26. The molecule has 6 unspecified atom stereocenters. The normalized spacial score (nSPS) is 34.5. The summed E-state index contributed by atoms with van der Waals surface area (Å²) < 4.78 is 11.6. The van der Waals surface area contributed by atoms with Crippen LogP contribution in [0.5, 0.6) is 5.75 Å². The number of anilines is 2. The molecule has 2 amide bonds. The summed E-state index contributed by atoms with van der Waals surface area (Å²) in [5, 5.41) is 18.8. The van der Waals surface area contributed by atoms with E-state index < -0.39 is 0 Å². The maximum Gasteiger partial charge on any atom is 0.249 e. The molecule has 6 saturated heterocycles. The van der Waals surface area contributed by atoms with Gasteiger partial charge in [-0.25, -0.2) is 0 Å². The van der Waals surface area contributed by atoms with Crippen molar-refractivity contribution in [1.29, 1.82) is 0 Å². The lowest BCUT2D eigenvalue weighted by Gasteiger charge is -2.50. The molecule has 7 rings (SSSR count). The van der Waals surface area contributed by atoms with Crippen LogP contribution in [0.25, 0.3) is 0 Å². The molecule has 0 radical (unpaired) electrons. The number of hydrogen-bond acceptors (Lipinski definition) is 11. The van der Waals surface area contributed by atoms with Gasteiger partial charge in [-0.2, -0.15) is 5.01 Å². The van der Waals surface area contributed by atoms with Gasteiger partial charge in [0.05, 0.1) is 31.5 Å². The summed E-state index contributed by atoms with van der Waals surface area (Å²) in [6.45, 7) is 6.17. The summed E-state index contributed by atoms with van der Waals surface area (Å²) >= 11 is 0. The van der Waals surface area contributed by atoms with Crippen LogP contribution in [0.3, 0.4) is 0 Å². The van der Waals surface area contributed by atoms with Gasteiger partial charge in [-0.3, -0.25) is 30.5 Å². The van der Waals surface area contributed by atoms with Crippen molar-refractivity contribution in [2.24, 2.45) is 5.92 Å². The quantitative estimate of drug-likeness (QED) is 0.377. The van der Waals surface area contributed by atoms with Gasteiger partial charge in [-0.1, -0.05) is 0 Å². The lowest BCUT2D eigenvalue weighted by atomic mass is 9.99. The Labute approximate surface area is 247 Å². The molecular formula is C29H45N9O4. The molecule has 13 nitrogen and oxygen atoms in total. The summed E-state index contributed by atoms with van der Waals surface area (Å²) in [5.74, 6) is 0.825. The molecule has 13 heteroatoms. The number of benzene rings is 1. The van der Waals surface area contributed by atoms with Crippen LogP contribution < -0.4 is 30.9 Å². The number of piperazine rings is 1. The molecule has 1 aromatic rings. The number of hydrogen-bond donors (Lipinski definition) is 4. The number of carbonyl (C=O) groups excluding carboxylic acids is 2. The van der Waals surface area contributed by atoms with Gasteiger partial charge in [0.15, 0.2) is 0 Å². The Morgan fingerprint density at radius 3 is 2.62 bits per heavy atom. The number of piperidine rings is 1. The van der Waals surface area contributed by atoms with E-state index in [0.717, 1.165) is 82.0 Å². The van der Waals surface area contributed by atoms with Crippen LogP contribution in [0.4, 0.5) is 11.4 Å². The number of morpholine rings is 1. The zero-order valence-electron chi connectivity index (χ0n) is 24.8. The highest BCUT2D eigenvalue weighted by molar-refractivity contribution is 5.82. The van der Waals surface area contributed by atoms with E-state index in [4.69, 9.17) is 9.47 Å². The van der Waals surface area contributed by atoms with Crippen molar-refractivity contribution in [2.75, 3.05) is 76.8 Å². The van der Waals surface area contributed by atoms with Gasteiger partial charge in [-0.05, 0) is 45.2 Å². The second kappa shape index (κ2) is 11.8. The fourth-order valence-corrected chi connectivity index (χ4v) is 7.46. The number of carbonyl (C=O) groups is 2. The molecular weight excluding hydrogens is 538 g/mol. The van der Waals surface area contributed by atoms with E-state index in [2.05, 4.69) is 55.3 Å². The number of nitrogens with zero attached hydrogens (tertiary/aromatic N) is 5. The average molecular weight is 584 g/mol. The third-order valence-corrected chi connectivity index (χ3v) is 9.81. The lowest BCUT2D eigenvalue weighted by Crippen LogP contribution is -2.72. The highest BCUT2D eigenvalue weighted by atomic mass is 16.5. The maximum atomic E-state index is 13.8. The number of rotatable bonds is 4. The predicted octanol–water partition coefficient (Wildman–Crippen LogP) is -0.216. The van der Waals surface area contributed by atoms with Crippen molar-refractivity contribution >= 4 is 23.2 Å². The first kappa shape index (κ1) is 28.1. The molecule has 2 bridgehead atoms. The highest BCUT2D eigenvalue weighted by Crippen LogP contribution is 2.35. The third kappa shape index (κ3) is 5.31. The molecule has 4 N–H and O–H groups in total. The molecule has 6 heterocycles. The van der Waals surface area contributed by atoms with E-state index in [1.54, 1.807) is 7.11 Å². The number of nitrogens with one attached hydrogen (secondary N) is 4. The van der Waals surface area contributed by atoms with Gasteiger partial charge in [0.2, 0.25) is 11.8 Å². The number of amides is 2.